The summed E-state index contributed by atoms with van der Waals surface area (Å²) in [4.78, 5) is 1.45. The zero-order valence-electron chi connectivity index (χ0n) is 15.1. The molecule has 2 aromatic carbocycles. The molecule has 1 saturated heterocycles. The Balaban J connectivity index is 1.82. The number of nitrogens with zero attached hydrogens (tertiary/aromatic N) is 1. The Morgan fingerprint density at radius 2 is 1.74 bits per heavy atom. The van der Waals surface area contributed by atoms with Crippen LogP contribution in [0.5, 0.6) is 11.5 Å². The highest BCUT2D eigenvalue weighted by atomic mass is 19.4. The standard InChI is InChI=1S/C20H23F3N2O2/c1-26-18-13-16(19(20(21,22)23)25-11-9-24-10-12-25)7-8-17(18)27-14-15-5-3-2-4-6-15/h2-8,13,19,24H,9-12,14H2,1H3/t19-/m1/s1. The first kappa shape index (κ1) is 19.5. The van der Waals surface area contributed by atoms with E-state index >= 15 is 0 Å². The Kier molecular flexibility index (Phi) is 6.23. The minimum absolute atomic E-state index is 0.160. The zero-order valence-corrected chi connectivity index (χ0v) is 15.1. The van der Waals surface area contributed by atoms with Gasteiger partial charge in [0.25, 0.3) is 0 Å². The van der Waals surface area contributed by atoms with Gasteiger partial charge in [0, 0.05) is 26.2 Å². The Labute approximate surface area is 156 Å². The lowest BCUT2D eigenvalue weighted by Gasteiger charge is -2.36. The van der Waals surface area contributed by atoms with Crippen molar-refractivity contribution in [2.75, 3.05) is 33.3 Å². The minimum atomic E-state index is -4.37. The Hall–Kier alpha value is -2.25. The van der Waals surface area contributed by atoms with Crippen LogP contribution in [0, 0.1) is 0 Å². The Morgan fingerprint density at radius 1 is 1.04 bits per heavy atom. The average molecular weight is 380 g/mol. The molecule has 2 aromatic rings. The summed E-state index contributed by atoms with van der Waals surface area (Å²) in [7, 11) is 1.43. The van der Waals surface area contributed by atoms with Crippen LogP contribution in [0.4, 0.5) is 13.2 Å². The van der Waals surface area contributed by atoms with Crippen molar-refractivity contribution >= 4 is 0 Å². The summed E-state index contributed by atoms with van der Waals surface area (Å²) >= 11 is 0. The van der Waals surface area contributed by atoms with E-state index in [1.807, 2.05) is 30.3 Å². The lowest BCUT2D eigenvalue weighted by molar-refractivity contribution is -0.187. The molecule has 0 spiro atoms. The summed E-state index contributed by atoms with van der Waals surface area (Å²) in [5.74, 6) is 0.721. The first-order chi connectivity index (χ1) is 13.0. The van der Waals surface area contributed by atoms with Gasteiger partial charge >= 0.3 is 6.18 Å². The molecule has 146 valence electrons. The maximum Gasteiger partial charge on any atom is 0.408 e. The number of benzene rings is 2. The average Bonchev–Trinajstić information content (AvgIpc) is 2.67. The molecule has 0 aromatic heterocycles. The van der Waals surface area contributed by atoms with Gasteiger partial charge in [-0.05, 0) is 23.3 Å². The van der Waals surface area contributed by atoms with Gasteiger partial charge in [-0.1, -0.05) is 36.4 Å². The molecule has 0 saturated carbocycles. The van der Waals surface area contributed by atoms with Crippen LogP contribution in [0.15, 0.2) is 48.5 Å². The SMILES string of the molecule is COc1cc([C@@H](N2CCNCC2)C(F)(F)F)ccc1OCc1ccccc1. The van der Waals surface area contributed by atoms with Gasteiger partial charge in [-0.2, -0.15) is 13.2 Å². The van der Waals surface area contributed by atoms with Gasteiger partial charge in [0.15, 0.2) is 11.5 Å². The monoisotopic (exact) mass is 380 g/mol. The molecule has 1 fully saturated rings. The second-order valence-corrected chi connectivity index (χ2v) is 6.41. The van der Waals surface area contributed by atoms with Crippen LogP contribution in [0.3, 0.4) is 0 Å². The van der Waals surface area contributed by atoms with E-state index in [9.17, 15) is 13.2 Å². The van der Waals surface area contributed by atoms with E-state index in [-0.39, 0.29) is 5.56 Å². The largest absolute Gasteiger partial charge is 0.493 e. The van der Waals surface area contributed by atoms with Crippen molar-refractivity contribution in [2.24, 2.45) is 0 Å². The molecule has 1 N–H and O–H groups in total. The van der Waals surface area contributed by atoms with Crippen molar-refractivity contribution in [3.05, 3.63) is 59.7 Å². The van der Waals surface area contributed by atoms with Gasteiger partial charge in [-0.25, -0.2) is 0 Å². The van der Waals surface area contributed by atoms with E-state index in [1.165, 1.54) is 24.1 Å². The lowest BCUT2D eigenvalue weighted by Crippen LogP contribution is -2.49. The van der Waals surface area contributed by atoms with E-state index in [0.717, 1.165) is 5.56 Å². The number of methoxy groups -OCH3 is 1. The highest BCUT2D eigenvalue weighted by Gasteiger charge is 2.45. The van der Waals surface area contributed by atoms with Crippen molar-refractivity contribution in [3.63, 3.8) is 0 Å². The van der Waals surface area contributed by atoms with E-state index < -0.39 is 12.2 Å². The highest BCUT2D eigenvalue weighted by Crippen LogP contribution is 2.41. The summed E-state index contributed by atoms with van der Waals surface area (Å²) < 4.78 is 52.3. The first-order valence-electron chi connectivity index (χ1n) is 8.85. The molecule has 0 aliphatic carbocycles. The normalized spacial score (nSPS) is 16.7. The second kappa shape index (κ2) is 8.63. The van der Waals surface area contributed by atoms with Crippen molar-refractivity contribution in [3.8, 4) is 11.5 Å². The van der Waals surface area contributed by atoms with Crippen LogP contribution in [0.2, 0.25) is 0 Å². The Morgan fingerprint density at radius 3 is 2.37 bits per heavy atom. The number of halogens is 3. The maximum absolute atomic E-state index is 13.8. The van der Waals surface area contributed by atoms with Crippen molar-refractivity contribution < 1.29 is 22.6 Å². The molecule has 0 radical (unpaired) electrons. The topological polar surface area (TPSA) is 33.7 Å². The van der Waals surface area contributed by atoms with Crippen molar-refractivity contribution in [2.45, 2.75) is 18.8 Å². The van der Waals surface area contributed by atoms with Crippen LogP contribution in [0.1, 0.15) is 17.2 Å². The molecular weight excluding hydrogens is 357 g/mol. The highest BCUT2D eigenvalue weighted by molar-refractivity contribution is 5.44. The number of hydrogen-bond acceptors (Lipinski definition) is 4. The Bertz CT molecular complexity index is 732. The van der Waals surface area contributed by atoms with Crippen LogP contribution < -0.4 is 14.8 Å². The molecule has 4 nitrogen and oxygen atoms in total. The predicted octanol–water partition coefficient (Wildman–Crippen LogP) is 3.78. The van der Waals surface area contributed by atoms with Gasteiger partial charge in [-0.3, -0.25) is 4.90 Å². The molecule has 0 amide bonds. The number of ether oxygens (including phenoxy) is 2. The van der Waals surface area contributed by atoms with E-state index in [0.29, 0.717) is 44.3 Å². The molecular formula is C20H23F3N2O2. The molecule has 1 aliphatic rings. The fourth-order valence-electron chi connectivity index (χ4n) is 3.26. The summed E-state index contributed by atoms with van der Waals surface area (Å²) in [6.45, 7) is 2.10. The van der Waals surface area contributed by atoms with Gasteiger partial charge in [0.05, 0.1) is 7.11 Å². The molecule has 1 heterocycles. The van der Waals surface area contributed by atoms with Gasteiger partial charge in [0.1, 0.15) is 12.6 Å². The van der Waals surface area contributed by atoms with E-state index in [4.69, 9.17) is 9.47 Å². The molecule has 27 heavy (non-hydrogen) atoms. The summed E-state index contributed by atoms with van der Waals surface area (Å²) in [5, 5.41) is 3.08. The summed E-state index contributed by atoms with van der Waals surface area (Å²) in [5.41, 5.74) is 1.13. The van der Waals surface area contributed by atoms with Gasteiger partial charge < -0.3 is 14.8 Å². The quantitative estimate of drug-likeness (QED) is 0.827. The fourth-order valence-corrected chi connectivity index (χ4v) is 3.26. The molecule has 0 unspecified atom stereocenters. The second-order valence-electron chi connectivity index (χ2n) is 6.41. The predicted molar refractivity (Wildman–Crippen MR) is 97.0 cm³/mol. The maximum atomic E-state index is 13.8. The summed E-state index contributed by atoms with van der Waals surface area (Å²) in [6, 6.07) is 12.4. The lowest BCUT2D eigenvalue weighted by atomic mass is 10.0. The molecule has 1 aliphatic heterocycles. The number of alkyl halides is 3. The number of rotatable bonds is 6. The van der Waals surface area contributed by atoms with Crippen LogP contribution in [-0.4, -0.2) is 44.4 Å². The smallest absolute Gasteiger partial charge is 0.408 e. The molecule has 1 atom stereocenters. The third-order valence-electron chi connectivity index (χ3n) is 4.57. The van der Waals surface area contributed by atoms with Crippen LogP contribution >= 0.6 is 0 Å². The van der Waals surface area contributed by atoms with Crippen molar-refractivity contribution in [1.82, 2.24) is 10.2 Å². The fraction of sp³-hybridized carbons (Fsp3) is 0.400. The number of nitrogens with one attached hydrogen (secondary N) is 1. The van der Waals surface area contributed by atoms with E-state index in [2.05, 4.69) is 5.32 Å². The third-order valence-corrected chi connectivity index (χ3v) is 4.57. The number of hydrogen-bond donors (Lipinski definition) is 1. The van der Waals surface area contributed by atoms with Crippen LogP contribution in [0.25, 0.3) is 0 Å². The van der Waals surface area contributed by atoms with Gasteiger partial charge in [0.2, 0.25) is 0 Å². The third kappa shape index (κ3) is 4.93. The summed E-state index contributed by atoms with van der Waals surface area (Å²) in [6.07, 6.45) is -4.37. The molecule has 3 rings (SSSR count). The van der Waals surface area contributed by atoms with E-state index in [1.54, 1.807) is 6.07 Å². The molecule has 7 heteroatoms. The number of piperazine rings is 1. The van der Waals surface area contributed by atoms with Gasteiger partial charge in [-0.15, -0.1) is 0 Å². The van der Waals surface area contributed by atoms with Crippen LogP contribution in [-0.2, 0) is 6.61 Å². The minimum Gasteiger partial charge on any atom is -0.493 e. The van der Waals surface area contributed by atoms with Crippen molar-refractivity contribution in [1.29, 1.82) is 0 Å². The molecule has 0 bridgehead atoms. The zero-order chi connectivity index (χ0) is 19.3. The first-order valence-corrected chi connectivity index (χ1v) is 8.85.